The number of nitrogens with zero attached hydrogens (tertiary/aromatic N) is 1. The fourth-order valence-corrected chi connectivity index (χ4v) is 2.54. The van der Waals surface area contributed by atoms with Crippen molar-refractivity contribution < 1.29 is 9.50 Å². The number of aliphatic hydroxyl groups excluding tert-OH is 1. The maximum atomic E-state index is 14.0. The first kappa shape index (κ1) is 15.5. The second-order valence-electron chi connectivity index (χ2n) is 5.29. The van der Waals surface area contributed by atoms with Crippen molar-refractivity contribution in [3.8, 4) is 0 Å². The summed E-state index contributed by atoms with van der Waals surface area (Å²) in [7, 11) is 1.93. The van der Waals surface area contributed by atoms with Gasteiger partial charge in [-0.1, -0.05) is 43.3 Å². The molecule has 0 aliphatic rings. The molecule has 0 amide bonds. The summed E-state index contributed by atoms with van der Waals surface area (Å²) in [4.78, 5) is 2.01. The van der Waals surface area contributed by atoms with Gasteiger partial charge in [-0.25, -0.2) is 4.39 Å². The van der Waals surface area contributed by atoms with Crippen molar-refractivity contribution in [1.82, 2.24) is 0 Å². The van der Waals surface area contributed by atoms with Gasteiger partial charge in [-0.3, -0.25) is 0 Å². The lowest BCUT2D eigenvalue weighted by atomic mass is 10.0. The lowest BCUT2D eigenvalue weighted by Crippen LogP contribution is -2.24. The molecule has 2 atom stereocenters. The van der Waals surface area contributed by atoms with Gasteiger partial charge in [0.25, 0.3) is 0 Å². The molecule has 0 aliphatic carbocycles. The van der Waals surface area contributed by atoms with Crippen LogP contribution in [0.25, 0.3) is 0 Å². The summed E-state index contributed by atoms with van der Waals surface area (Å²) in [5.41, 5.74) is 2.47. The Labute approximate surface area is 125 Å². The Balaban J connectivity index is 2.36. The van der Waals surface area contributed by atoms with Crippen molar-refractivity contribution >= 4 is 5.69 Å². The Kier molecular flexibility index (Phi) is 4.97. The van der Waals surface area contributed by atoms with E-state index in [1.54, 1.807) is 12.1 Å². The van der Waals surface area contributed by atoms with E-state index in [0.29, 0.717) is 12.0 Å². The smallest absolute Gasteiger partial charge is 0.128 e. The van der Waals surface area contributed by atoms with Gasteiger partial charge in [0.1, 0.15) is 5.82 Å². The number of hydrogen-bond donors (Lipinski definition) is 1. The Morgan fingerprint density at radius 1 is 1.05 bits per heavy atom. The molecule has 21 heavy (non-hydrogen) atoms. The van der Waals surface area contributed by atoms with Crippen LogP contribution in [0.15, 0.2) is 48.5 Å². The minimum atomic E-state index is -0.503. The predicted molar refractivity (Wildman–Crippen MR) is 84.9 cm³/mol. The molecule has 1 N–H and O–H groups in total. The third-order valence-corrected chi connectivity index (χ3v) is 4.00. The predicted octanol–water partition coefficient (Wildman–Crippen LogP) is 4.47. The van der Waals surface area contributed by atoms with Crippen LogP contribution in [0, 0.1) is 5.82 Å². The highest BCUT2D eigenvalue weighted by atomic mass is 19.1. The van der Waals surface area contributed by atoms with E-state index >= 15 is 0 Å². The van der Waals surface area contributed by atoms with Gasteiger partial charge in [0.05, 0.1) is 12.1 Å². The van der Waals surface area contributed by atoms with E-state index in [0.717, 1.165) is 11.3 Å². The van der Waals surface area contributed by atoms with Crippen LogP contribution in [0.1, 0.15) is 43.5 Å². The summed E-state index contributed by atoms with van der Waals surface area (Å²) in [5.74, 6) is -0.203. The quantitative estimate of drug-likeness (QED) is 0.877. The van der Waals surface area contributed by atoms with Gasteiger partial charge in [0.15, 0.2) is 0 Å². The average Bonchev–Trinajstić information content (AvgIpc) is 2.53. The topological polar surface area (TPSA) is 23.5 Å². The van der Waals surface area contributed by atoms with Gasteiger partial charge in [0.2, 0.25) is 0 Å². The second-order valence-corrected chi connectivity index (χ2v) is 5.29. The first-order valence-corrected chi connectivity index (χ1v) is 7.30. The van der Waals surface area contributed by atoms with Gasteiger partial charge in [-0.2, -0.15) is 0 Å². The summed E-state index contributed by atoms with van der Waals surface area (Å²) < 4.78 is 14.0. The van der Waals surface area contributed by atoms with E-state index in [2.05, 4.69) is 0 Å². The Morgan fingerprint density at radius 3 is 2.24 bits per heavy atom. The molecule has 0 aromatic heterocycles. The largest absolute Gasteiger partial charge is 0.388 e. The summed E-state index contributed by atoms with van der Waals surface area (Å²) in [6, 6.07) is 14.4. The highest BCUT2D eigenvalue weighted by molar-refractivity contribution is 5.55. The number of benzene rings is 2. The van der Waals surface area contributed by atoms with Gasteiger partial charge in [0, 0.05) is 23.9 Å². The van der Waals surface area contributed by atoms with Gasteiger partial charge in [-0.15, -0.1) is 0 Å². The zero-order valence-electron chi connectivity index (χ0n) is 12.8. The first-order chi connectivity index (χ1) is 10.1. The van der Waals surface area contributed by atoms with Gasteiger partial charge >= 0.3 is 0 Å². The van der Waals surface area contributed by atoms with Crippen LogP contribution < -0.4 is 4.90 Å². The molecule has 0 aliphatic heterocycles. The number of halogens is 1. The fraction of sp³-hybridized carbons (Fsp3) is 0.333. The molecule has 0 fully saturated rings. The molecule has 0 bridgehead atoms. The molecule has 0 heterocycles. The van der Waals surface area contributed by atoms with E-state index < -0.39 is 6.10 Å². The molecule has 0 saturated heterocycles. The summed E-state index contributed by atoms with van der Waals surface area (Å²) in [5, 5.41) is 10.2. The van der Waals surface area contributed by atoms with Crippen molar-refractivity contribution in [1.29, 1.82) is 0 Å². The molecule has 1 unspecified atom stereocenters. The van der Waals surface area contributed by atoms with Crippen molar-refractivity contribution in [2.45, 2.75) is 32.4 Å². The van der Waals surface area contributed by atoms with Crippen molar-refractivity contribution in [2.24, 2.45) is 0 Å². The monoisotopic (exact) mass is 287 g/mol. The summed E-state index contributed by atoms with van der Waals surface area (Å²) >= 11 is 0. The van der Waals surface area contributed by atoms with Crippen LogP contribution in [0.2, 0.25) is 0 Å². The van der Waals surface area contributed by atoms with Crippen LogP contribution in [0.3, 0.4) is 0 Å². The standard InChI is InChI=1S/C18H22FNO/c1-4-18(21)15-10-6-8-12-17(15)20(3)13(2)14-9-5-7-11-16(14)19/h5-13,18,21H,4H2,1-3H3/t13?,18-/m0/s1. The fourth-order valence-electron chi connectivity index (χ4n) is 2.54. The van der Waals surface area contributed by atoms with Crippen LogP contribution in [-0.4, -0.2) is 12.2 Å². The van der Waals surface area contributed by atoms with E-state index in [1.807, 2.05) is 56.1 Å². The average molecular weight is 287 g/mol. The number of aliphatic hydroxyl groups is 1. The highest BCUT2D eigenvalue weighted by Gasteiger charge is 2.19. The molecular formula is C18H22FNO. The minimum Gasteiger partial charge on any atom is -0.388 e. The lowest BCUT2D eigenvalue weighted by Gasteiger charge is -2.30. The molecule has 2 nitrogen and oxygen atoms in total. The van der Waals surface area contributed by atoms with E-state index in [4.69, 9.17) is 0 Å². The second kappa shape index (κ2) is 6.72. The van der Waals surface area contributed by atoms with Crippen LogP contribution in [-0.2, 0) is 0 Å². The van der Waals surface area contributed by atoms with Crippen LogP contribution in [0.5, 0.6) is 0 Å². The molecule has 0 saturated carbocycles. The zero-order valence-corrected chi connectivity index (χ0v) is 12.8. The maximum absolute atomic E-state index is 14.0. The number of para-hydroxylation sites is 1. The Morgan fingerprint density at radius 2 is 1.62 bits per heavy atom. The molecular weight excluding hydrogens is 265 g/mol. The SMILES string of the molecule is CC[C@H](O)c1ccccc1N(C)C(C)c1ccccc1F. The van der Waals surface area contributed by atoms with E-state index in [-0.39, 0.29) is 11.9 Å². The summed E-state index contributed by atoms with van der Waals surface area (Å²) in [6.45, 7) is 3.91. The molecule has 2 aromatic rings. The Bertz CT molecular complexity index is 599. The number of hydrogen-bond acceptors (Lipinski definition) is 2. The third-order valence-electron chi connectivity index (χ3n) is 4.00. The van der Waals surface area contributed by atoms with Gasteiger partial charge in [-0.05, 0) is 25.5 Å². The van der Waals surface area contributed by atoms with Crippen LogP contribution in [0.4, 0.5) is 10.1 Å². The van der Waals surface area contributed by atoms with E-state index in [1.165, 1.54) is 6.07 Å². The Hall–Kier alpha value is -1.87. The van der Waals surface area contributed by atoms with Crippen LogP contribution >= 0.6 is 0 Å². The minimum absolute atomic E-state index is 0.114. The van der Waals surface area contributed by atoms with Crippen molar-refractivity contribution in [3.05, 3.63) is 65.5 Å². The molecule has 2 aromatic carbocycles. The molecule has 3 heteroatoms. The van der Waals surface area contributed by atoms with Gasteiger partial charge < -0.3 is 10.0 Å². The third kappa shape index (κ3) is 3.24. The summed E-state index contributed by atoms with van der Waals surface area (Å²) in [6.07, 6.45) is 0.148. The molecule has 2 rings (SSSR count). The molecule has 112 valence electrons. The number of rotatable bonds is 5. The van der Waals surface area contributed by atoms with Crippen molar-refractivity contribution in [3.63, 3.8) is 0 Å². The zero-order chi connectivity index (χ0) is 15.4. The van der Waals surface area contributed by atoms with Crippen molar-refractivity contribution in [2.75, 3.05) is 11.9 Å². The highest BCUT2D eigenvalue weighted by Crippen LogP contribution is 2.33. The first-order valence-electron chi connectivity index (χ1n) is 7.30. The van der Waals surface area contributed by atoms with E-state index in [9.17, 15) is 9.50 Å². The molecule has 0 spiro atoms. The number of anilines is 1. The lowest BCUT2D eigenvalue weighted by molar-refractivity contribution is 0.174. The maximum Gasteiger partial charge on any atom is 0.128 e. The normalized spacial score (nSPS) is 13.8. The molecule has 0 radical (unpaired) electrons.